The summed E-state index contributed by atoms with van der Waals surface area (Å²) in [6, 6.07) is 2.21. The summed E-state index contributed by atoms with van der Waals surface area (Å²) in [5.74, 6) is 0.957. The Kier molecular flexibility index (Phi) is 3.26. The molecule has 0 aromatic heterocycles. The van der Waals surface area contributed by atoms with Gasteiger partial charge in [0.2, 0.25) is 0 Å². The minimum absolute atomic E-state index is 0.500. The van der Waals surface area contributed by atoms with E-state index in [9.17, 15) is 0 Å². The molecule has 2 saturated carbocycles. The molecule has 1 heterocycles. The van der Waals surface area contributed by atoms with Gasteiger partial charge in [0.1, 0.15) is 0 Å². The second-order valence-electron chi connectivity index (χ2n) is 8.57. The third-order valence-electron chi connectivity index (χ3n) is 6.88. The van der Waals surface area contributed by atoms with Crippen LogP contribution in [0.2, 0.25) is 0 Å². The van der Waals surface area contributed by atoms with Gasteiger partial charge in [0.05, 0.1) is 0 Å². The lowest BCUT2D eigenvalue weighted by atomic mass is 9.68. The monoisotopic (exact) mass is 264 g/mol. The summed E-state index contributed by atoms with van der Waals surface area (Å²) in [6.45, 7) is 11.2. The van der Waals surface area contributed by atoms with Crippen LogP contribution in [0.5, 0.6) is 0 Å². The first-order valence-electron chi connectivity index (χ1n) is 8.29. The molecule has 3 rings (SSSR count). The van der Waals surface area contributed by atoms with E-state index in [1.165, 1.54) is 38.6 Å². The number of nitrogens with one attached hydrogen (secondary N) is 1. The van der Waals surface area contributed by atoms with Crippen molar-refractivity contribution in [3.05, 3.63) is 0 Å². The summed E-state index contributed by atoms with van der Waals surface area (Å²) < 4.78 is 0. The predicted molar refractivity (Wildman–Crippen MR) is 81.3 cm³/mol. The number of hydrogen-bond donors (Lipinski definition) is 1. The van der Waals surface area contributed by atoms with Gasteiger partial charge in [0.25, 0.3) is 0 Å². The van der Waals surface area contributed by atoms with Crippen molar-refractivity contribution in [1.82, 2.24) is 10.2 Å². The first-order chi connectivity index (χ1) is 8.83. The highest BCUT2D eigenvalue weighted by Gasteiger charge is 2.59. The molecule has 0 radical (unpaired) electrons. The molecule has 5 atom stereocenters. The van der Waals surface area contributed by atoms with E-state index in [4.69, 9.17) is 0 Å². The van der Waals surface area contributed by atoms with Gasteiger partial charge in [-0.05, 0) is 69.4 Å². The van der Waals surface area contributed by atoms with Gasteiger partial charge in [0.15, 0.2) is 0 Å². The van der Waals surface area contributed by atoms with Gasteiger partial charge in [-0.1, -0.05) is 20.8 Å². The SMILES string of the molecule is CC1CC(NC2C3(C)CCC(C3)C2(C)C)CCN1C. The molecule has 19 heavy (non-hydrogen) atoms. The minimum atomic E-state index is 0.500. The molecule has 1 aliphatic heterocycles. The van der Waals surface area contributed by atoms with Crippen molar-refractivity contribution in [2.24, 2.45) is 16.7 Å². The van der Waals surface area contributed by atoms with Crippen LogP contribution in [0.25, 0.3) is 0 Å². The van der Waals surface area contributed by atoms with Gasteiger partial charge in [-0.2, -0.15) is 0 Å². The number of likely N-dealkylation sites (tertiary alicyclic amines) is 1. The molecule has 2 bridgehead atoms. The van der Waals surface area contributed by atoms with E-state index in [1.54, 1.807) is 0 Å². The molecule has 5 unspecified atom stereocenters. The highest BCUT2D eigenvalue weighted by molar-refractivity contribution is 5.12. The van der Waals surface area contributed by atoms with Crippen LogP contribution in [0.1, 0.15) is 59.8 Å². The summed E-state index contributed by atoms with van der Waals surface area (Å²) in [7, 11) is 2.27. The van der Waals surface area contributed by atoms with Crippen molar-refractivity contribution in [2.45, 2.75) is 77.9 Å². The molecule has 1 N–H and O–H groups in total. The van der Waals surface area contributed by atoms with Crippen LogP contribution < -0.4 is 5.32 Å². The number of hydrogen-bond acceptors (Lipinski definition) is 2. The van der Waals surface area contributed by atoms with Crippen molar-refractivity contribution >= 4 is 0 Å². The zero-order valence-corrected chi connectivity index (χ0v) is 13.5. The fourth-order valence-electron chi connectivity index (χ4n) is 5.39. The average molecular weight is 264 g/mol. The first kappa shape index (κ1) is 13.9. The molecule has 110 valence electrons. The molecule has 0 spiro atoms. The fourth-order valence-corrected chi connectivity index (χ4v) is 5.39. The molecular formula is C17H32N2. The third-order valence-corrected chi connectivity index (χ3v) is 6.88. The summed E-state index contributed by atoms with van der Waals surface area (Å²) in [5.41, 5.74) is 1.07. The van der Waals surface area contributed by atoms with E-state index in [0.29, 0.717) is 10.8 Å². The minimum Gasteiger partial charge on any atom is -0.310 e. The fraction of sp³-hybridized carbons (Fsp3) is 1.00. The second-order valence-corrected chi connectivity index (χ2v) is 8.57. The van der Waals surface area contributed by atoms with Crippen LogP contribution in [0, 0.1) is 16.7 Å². The Bertz CT molecular complexity index is 346. The molecule has 2 heteroatoms. The molecule has 0 amide bonds. The van der Waals surface area contributed by atoms with E-state index >= 15 is 0 Å². The van der Waals surface area contributed by atoms with E-state index in [1.807, 2.05) is 0 Å². The zero-order valence-electron chi connectivity index (χ0n) is 13.5. The van der Waals surface area contributed by atoms with Gasteiger partial charge in [-0.25, -0.2) is 0 Å². The molecule has 2 nitrogen and oxygen atoms in total. The van der Waals surface area contributed by atoms with Gasteiger partial charge in [-0.3, -0.25) is 0 Å². The molecule has 3 aliphatic rings. The van der Waals surface area contributed by atoms with Gasteiger partial charge in [0, 0.05) is 18.1 Å². The molecular weight excluding hydrogens is 232 g/mol. The smallest absolute Gasteiger partial charge is 0.0177 e. The Hall–Kier alpha value is -0.0800. The number of piperidine rings is 1. The lowest BCUT2D eigenvalue weighted by Gasteiger charge is -2.47. The predicted octanol–water partition coefficient (Wildman–Crippen LogP) is 3.27. The van der Waals surface area contributed by atoms with Crippen LogP contribution >= 0.6 is 0 Å². The van der Waals surface area contributed by atoms with Crippen molar-refractivity contribution in [3.8, 4) is 0 Å². The highest BCUT2D eigenvalue weighted by Crippen LogP contribution is 2.62. The number of fused-ring (bicyclic) bond motifs is 2. The Morgan fingerprint density at radius 3 is 2.47 bits per heavy atom. The summed E-state index contributed by atoms with van der Waals surface area (Å²) in [6.07, 6.45) is 7.02. The lowest BCUT2D eigenvalue weighted by Crippen LogP contribution is -2.56. The second kappa shape index (κ2) is 4.46. The zero-order chi connectivity index (χ0) is 13.8. The summed E-state index contributed by atoms with van der Waals surface area (Å²) >= 11 is 0. The van der Waals surface area contributed by atoms with Crippen molar-refractivity contribution in [1.29, 1.82) is 0 Å². The molecule has 1 saturated heterocycles. The lowest BCUT2D eigenvalue weighted by molar-refractivity contribution is 0.0769. The maximum atomic E-state index is 4.10. The van der Waals surface area contributed by atoms with E-state index in [2.05, 4.69) is 45.0 Å². The summed E-state index contributed by atoms with van der Waals surface area (Å²) in [4.78, 5) is 2.51. The quantitative estimate of drug-likeness (QED) is 0.823. The number of nitrogens with zero attached hydrogens (tertiary/aromatic N) is 1. The third kappa shape index (κ3) is 2.15. The molecule has 2 aliphatic carbocycles. The number of rotatable bonds is 2. The Labute approximate surface area is 119 Å². The standard InChI is InChI=1S/C17H32N2/c1-12-10-14(7-9-19(12)5)18-15-16(2,3)13-6-8-17(15,4)11-13/h12-15,18H,6-11H2,1-5H3. The molecule has 0 aromatic rings. The van der Waals surface area contributed by atoms with Crippen LogP contribution in [-0.4, -0.2) is 36.6 Å². The summed E-state index contributed by atoms with van der Waals surface area (Å²) in [5, 5.41) is 4.10. The van der Waals surface area contributed by atoms with Gasteiger partial charge >= 0.3 is 0 Å². The largest absolute Gasteiger partial charge is 0.310 e. The van der Waals surface area contributed by atoms with Gasteiger partial charge < -0.3 is 10.2 Å². The van der Waals surface area contributed by atoms with E-state index in [0.717, 1.165) is 24.0 Å². The molecule has 3 fully saturated rings. The van der Waals surface area contributed by atoms with Crippen molar-refractivity contribution in [3.63, 3.8) is 0 Å². The Morgan fingerprint density at radius 1 is 1.16 bits per heavy atom. The van der Waals surface area contributed by atoms with Crippen LogP contribution in [0.4, 0.5) is 0 Å². The maximum absolute atomic E-state index is 4.10. The topological polar surface area (TPSA) is 15.3 Å². The van der Waals surface area contributed by atoms with Crippen LogP contribution in [0.15, 0.2) is 0 Å². The maximum Gasteiger partial charge on any atom is 0.0177 e. The average Bonchev–Trinajstić information content (AvgIpc) is 2.80. The first-order valence-corrected chi connectivity index (χ1v) is 8.29. The Balaban J connectivity index is 1.69. The van der Waals surface area contributed by atoms with Crippen molar-refractivity contribution < 1.29 is 0 Å². The van der Waals surface area contributed by atoms with E-state index in [-0.39, 0.29) is 0 Å². The van der Waals surface area contributed by atoms with Gasteiger partial charge in [-0.15, -0.1) is 0 Å². The van der Waals surface area contributed by atoms with Crippen molar-refractivity contribution in [2.75, 3.05) is 13.6 Å². The van der Waals surface area contributed by atoms with Crippen LogP contribution in [-0.2, 0) is 0 Å². The van der Waals surface area contributed by atoms with E-state index < -0.39 is 0 Å². The Morgan fingerprint density at radius 2 is 1.89 bits per heavy atom. The normalized spacial score (nSPS) is 49.7. The van der Waals surface area contributed by atoms with Crippen LogP contribution in [0.3, 0.4) is 0 Å². The highest BCUT2D eigenvalue weighted by atomic mass is 15.2. The molecule has 0 aromatic carbocycles.